The van der Waals surface area contributed by atoms with Crippen LogP contribution in [0.5, 0.6) is 0 Å². The Kier molecular flexibility index (Phi) is 4.34. The van der Waals surface area contributed by atoms with Crippen molar-refractivity contribution in [3.63, 3.8) is 0 Å². The lowest BCUT2D eigenvalue weighted by Crippen LogP contribution is -2.28. The normalized spacial score (nSPS) is 12.1. The van der Waals surface area contributed by atoms with Gasteiger partial charge in [0.25, 0.3) is 0 Å². The molecule has 0 radical (unpaired) electrons. The van der Waals surface area contributed by atoms with Gasteiger partial charge in [-0.05, 0) is 25.5 Å². The first-order valence-electron chi connectivity index (χ1n) is 5.93. The average Bonchev–Trinajstić information content (AvgIpc) is 2.61. The van der Waals surface area contributed by atoms with Gasteiger partial charge in [-0.1, -0.05) is 13.8 Å². The number of aliphatic carboxylic acids is 1. The van der Waals surface area contributed by atoms with E-state index in [0.29, 0.717) is 12.6 Å². The van der Waals surface area contributed by atoms with Gasteiger partial charge in [0, 0.05) is 31.5 Å². The first kappa shape index (κ1) is 13.8. The van der Waals surface area contributed by atoms with E-state index in [0.717, 1.165) is 6.54 Å². The highest BCUT2D eigenvalue weighted by molar-refractivity contribution is 5.73. The minimum absolute atomic E-state index is 0.453. The summed E-state index contributed by atoms with van der Waals surface area (Å²) in [5.74, 6) is -0.770. The highest BCUT2D eigenvalue weighted by Gasteiger charge is 2.27. The Morgan fingerprint density at radius 1 is 1.53 bits per heavy atom. The van der Waals surface area contributed by atoms with Crippen LogP contribution in [0.4, 0.5) is 0 Å². The molecule has 0 aromatic carbocycles. The molecule has 0 saturated heterocycles. The zero-order valence-corrected chi connectivity index (χ0v) is 11.0. The second-order valence-electron chi connectivity index (χ2n) is 5.42. The molecule has 4 nitrogen and oxygen atoms in total. The number of nitrogens with one attached hydrogen (secondary N) is 1. The lowest BCUT2D eigenvalue weighted by atomic mass is 9.94. The van der Waals surface area contributed by atoms with E-state index in [1.807, 2.05) is 23.0 Å². The third-order valence-corrected chi connectivity index (χ3v) is 2.68. The molecule has 17 heavy (non-hydrogen) atoms. The smallest absolute Gasteiger partial charge is 0.310 e. The average molecular weight is 238 g/mol. The lowest BCUT2D eigenvalue weighted by Gasteiger charge is -2.19. The van der Waals surface area contributed by atoms with Crippen molar-refractivity contribution < 1.29 is 9.90 Å². The zero-order valence-electron chi connectivity index (χ0n) is 11.0. The van der Waals surface area contributed by atoms with Crippen molar-refractivity contribution >= 4 is 5.97 Å². The van der Waals surface area contributed by atoms with Gasteiger partial charge in [0.2, 0.25) is 0 Å². The van der Waals surface area contributed by atoms with E-state index in [4.69, 9.17) is 5.11 Å². The van der Waals surface area contributed by atoms with Gasteiger partial charge in [0.1, 0.15) is 0 Å². The van der Waals surface area contributed by atoms with Crippen LogP contribution in [0, 0.1) is 5.41 Å². The van der Waals surface area contributed by atoms with Crippen molar-refractivity contribution in [3.8, 4) is 0 Å². The van der Waals surface area contributed by atoms with Crippen molar-refractivity contribution in [1.29, 1.82) is 0 Å². The molecule has 0 unspecified atom stereocenters. The van der Waals surface area contributed by atoms with Crippen LogP contribution in [0.2, 0.25) is 0 Å². The van der Waals surface area contributed by atoms with Gasteiger partial charge < -0.3 is 15.0 Å². The summed E-state index contributed by atoms with van der Waals surface area (Å²) in [4.78, 5) is 11.0. The highest BCUT2D eigenvalue weighted by atomic mass is 16.4. The maximum absolute atomic E-state index is 11.0. The molecule has 1 aromatic heterocycles. The van der Waals surface area contributed by atoms with E-state index in [9.17, 15) is 4.79 Å². The fourth-order valence-corrected chi connectivity index (χ4v) is 1.54. The zero-order chi connectivity index (χ0) is 13.1. The Morgan fingerprint density at radius 2 is 2.18 bits per heavy atom. The summed E-state index contributed by atoms with van der Waals surface area (Å²) in [6, 6.07) is 2.47. The minimum Gasteiger partial charge on any atom is -0.481 e. The van der Waals surface area contributed by atoms with Crippen molar-refractivity contribution in [1.82, 2.24) is 9.88 Å². The molecule has 0 aliphatic carbocycles. The third kappa shape index (κ3) is 4.23. The standard InChI is InChI=1S/C13H22N2O2/c1-10(2)14-7-11-5-6-15(8-11)9-13(3,4)12(16)17/h5-6,8,10,14H,7,9H2,1-4H3,(H,16,17). The third-order valence-electron chi connectivity index (χ3n) is 2.68. The number of hydrogen-bond donors (Lipinski definition) is 2. The maximum atomic E-state index is 11.0. The van der Waals surface area contributed by atoms with Crippen LogP contribution < -0.4 is 5.32 Å². The second-order valence-corrected chi connectivity index (χ2v) is 5.42. The summed E-state index contributed by atoms with van der Waals surface area (Å²) in [6.07, 6.45) is 3.93. The SMILES string of the molecule is CC(C)NCc1ccn(CC(C)(C)C(=O)O)c1. The Balaban J connectivity index is 2.60. The van der Waals surface area contributed by atoms with Crippen LogP contribution in [-0.2, 0) is 17.9 Å². The molecule has 0 amide bonds. The van der Waals surface area contributed by atoms with Gasteiger partial charge in [0.05, 0.1) is 5.41 Å². The Hall–Kier alpha value is -1.29. The topological polar surface area (TPSA) is 54.3 Å². The molecule has 0 aliphatic heterocycles. The molecular formula is C13H22N2O2. The lowest BCUT2D eigenvalue weighted by molar-refractivity contribution is -0.147. The number of hydrogen-bond acceptors (Lipinski definition) is 2. The molecule has 1 aromatic rings. The van der Waals surface area contributed by atoms with Crippen LogP contribution >= 0.6 is 0 Å². The molecule has 96 valence electrons. The van der Waals surface area contributed by atoms with Gasteiger partial charge in [-0.2, -0.15) is 0 Å². The van der Waals surface area contributed by atoms with Gasteiger partial charge in [-0.15, -0.1) is 0 Å². The Bertz CT molecular complexity index is 381. The summed E-state index contributed by atoms with van der Waals surface area (Å²) in [6.45, 7) is 8.99. The van der Waals surface area contributed by atoms with Crippen LogP contribution in [0.1, 0.15) is 33.3 Å². The van der Waals surface area contributed by atoms with E-state index >= 15 is 0 Å². The van der Waals surface area contributed by atoms with E-state index in [1.54, 1.807) is 13.8 Å². The van der Waals surface area contributed by atoms with Crippen molar-refractivity contribution in [2.75, 3.05) is 0 Å². The predicted octanol–water partition coefficient (Wildman–Crippen LogP) is 2.10. The second kappa shape index (κ2) is 5.36. The Morgan fingerprint density at radius 3 is 2.71 bits per heavy atom. The fraction of sp³-hybridized carbons (Fsp3) is 0.615. The van der Waals surface area contributed by atoms with Gasteiger partial charge >= 0.3 is 5.97 Å². The summed E-state index contributed by atoms with van der Waals surface area (Å²) in [5, 5.41) is 12.4. The largest absolute Gasteiger partial charge is 0.481 e. The van der Waals surface area contributed by atoms with Crippen LogP contribution in [0.15, 0.2) is 18.5 Å². The summed E-state index contributed by atoms with van der Waals surface area (Å²) >= 11 is 0. The Labute approximate surface area is 103 Å². The molecule has 1 rings (SSSR count). The molecule has 0 atom stereocenters. The number of carbonyl (C=O) groups is 1. The van der Waals surface area contributed by atoms with E-state index in [-0.39, 0.29) is 0 Å². The molecule has 0 saturated carbocycles. The van der Waals surface area contributed by atoms with Crippen molar-refractivity contribution in [2.45, 2.75) is 46.8 Å². The number of nitrogens with zero attached hydrogens (tertiary/aromatic N) is 1. The van der Waals surface area contributed by atoms with E-state index < -0.39 is 11.4 Å². The molecule has 0 spiro atoms. The quantitative estimate of drug-likeness (QED) is 0.798. The predicted molar refractivity (Wildman–Crippen MR) is 67.8 cm³/mol. The van der Waals surface area contributed by atoms with Crippen molar-refractivity contribution in [2.24, 2.45) is 5.41 Å². The molecule has 0 aliphatic rings. The molecule has 2 N–H and O–H groups in total. The molecule has 0 fully saturated rings. The van der Waals surface area contributed by atoms with Crippen LogP contribution in [0.3, 0.4) is 0 Å². The monoisotopic (exact) mass is 238 g/mol. The minimum atomic E-state index is -0.770. The van der Waals surface area contributed by atoms with Gasteiger partial charge in [-0.25, -0.2) is 0 Å². The van der Waals surface area contributed by atoms with Gasteiger partial charge in [-0.3, -0.25) is 4.79 Å². The highest BCUT2D eigenvalue weighted by Crippen LogP contribution is 2.18. The number of carboxylic acids is 1. The van der Waals surface area contributed by atoms with Gasteiger partial charge in [0.15, 0.2) is 0 Å². The first-order valence-corrected chi connectivity index (χ1v) is 5.93. The maximum Gasteiger partial charge on any atom is 0.310 e. The van der Waals surface area contributed by atoms with Crippen LogP contribution in [-0.4, -0.2) is 21.7 Å². The fourth-order valence-electron chi connectivity index (χ4n) is 1.54. The number of rotatable bonds is 6. The van der Waals surface area contributed by atoms with Crippen LogP contribution in [0.25, 0.3) is 0 Å². The molecule has 1 heterocycles. The van der Waals surface area contributed by atoms with Crippen molar-refractivity contribution in [3.05, 3.63) is 24.0 Å². The number of carboxylic acid groups (broad SMARTS) is 1. The summed E-state index contributed by atoms with van der Waals surface area (Å²) in [5.41, 5.74) is 0.446. The molecule has 0 bridgehead atoms. The molecular weight excluding hydrogens is 216 g/mol. The molecule has 4 heteroatoms. The first-order chi connectivity index (χ1) is 7.81. The number of aromatic nitrogens is 1. The van der Waals surface area contributed by atoms with E-state index in [1.165, 1.54) is 5.56 Å². The summed E-state index contributed by atoms with van der Waals surface area (Å²) < 4.78 is 1.94. The summed E-state index contributed by atoms with van der Waals surface area (Å²) in [7, 11) is 0. The van der Waals surface area contributed by atoms with E-state index in [2.05, 4.69) is 19.2 Å².